The van der Waals surface area contributed by atoms with Crippen LogP contribution < -0.4 is 5.32 Å². The molecule has 0 radical (unpaired) electrons. The van der Waals surface area contributed by atoms with E-state index in [1.807, 2.05) is 0 Å². The van der Waals surface area contributed by atoms with Gasteiger partial charge >= 0.3 is 0 Å². The maximum atomic E-state index is 13.1. The maximum absolute atomic E-state index is 13.1. The minimum atomic E-state index is -0.383. The Balaban J connectivity index is 1.41. The minimum Gasteiger partial charge on any atom is -0.310 e. The lowest BCUT2D eigenvalue weighted by molar-refractivity contribution is -0.384. The van der Waals surface area contributed by atoms with Crippen molar-refractivity contribution in [3.8, 4) is 0 Å². The van der Waals surface area contributed by atoms with Crippen molar-refractivity contribution in [1.82, 2.24) is 10.2 Å². The van der Waals surface area contributed by atoms with Gasteiger partial charge in [-0.1, -0.05) is 12.1 Å². The van der Waals surface area contributed by atoms with Crippen LogP contribution in [0.15, 0.2) is 24.3 Å². The summed E-state index contributed by atoms with van der Waals surface area (Å²) >= 11 is 6.31. The van der Waals surface area contributed by atoms with E-state index in [0.717, 1.165) is 50.9 Å². The van der Waals surface area contributed by atoms with Gasteiger partial charge in [-0.25, -0.2) is 0 Å². The van der Waals surface area contributed by atoms with Gasteiger partial charge in [-0.3, -0.25) is 19.8 Å². The van der Waals surface area contributed by atoms with Gasteiger partial charge in [0.05, 0.1) is 4.92 Å². The lowest BCUT2D eigenvalue weighted by Crippen LogP contribution is -2.63. The Morgan fingerprint density at radius 3 is 2.62 bits per heavy atom. The largest absolute Gasteiger partial charge is 0.310 e. The number of nitro groups is 1. The predicted molar refractivity (Wildman–Crippen MR) is 99.2 cm³/mol. The summed E-state index contributed by atoms with van der Waals surface area (Å²) in [7, 11) is 0. The summed E-state index contributed by atoms with van der Waals surface area (Å²) < 4.78 is 0. The lowest BCUT2D eigenvalue weighted by Gasteiger charge is -2.48. The number of carbonyl (C=O) groups excluding carboxylic acids is 1. The normalized spacial score (nSPS) is 34.8. The molecule has 1 aliphatic carbocycles. The van der Waals surface area contributed by atoms with Gasteiger partial charge in [0.25, 0.3) is 5.69 Å². The van der Waals surface area contributed by atoms with Crippen LogP contribution in [-0.2, 0) is 11.3 Å². The molecule has 7 heteroatoms. The standard InChI is InChI=1S/C19H24ClN3O3/c20-13-3-6-17-15(9-13)19(24)16-11-22(8-7-18(16)21-17)10-12-1-4-14(5-2-12)23(25)26/h1-2,4-5,13,15-18,21H,3,6-11H2. The number of non-ortho nitro benzene ring substituents is 1. The monoisotopic (exact) mass is 377 g/mol. The number of likely N-dealkylation sites (tertiary alicyclic amines) is 1. The first-order chi connectivity index (χ1) is 12.5. The summed E-state index contributed by atoms with van der Waals surface area (Å²) in [6, 6.07) is 7.29. The van der Waals surface area contributed by atoms with Gasteiger partial charge in [-0.2, -0.15) is 0 Å². The molecule has 0 amide bonds. The van der Waals surface area contributed by atoms with Crippen LogP contribution in [0.3, 0.4) is 0 Å². The van der Waals surface area contributed by atoms with Gasteiger partial charge in [-0.15, -0.1) is 11.6 Å². The number of rotatable bonds is 3. The SMILES string of the molecule is O=C1C2CC(Cl)CCC2NC2CCN(Cc3ccc([N+](=O)[O-])cc3)CC12. The topological polar surface area (TPSA) is 75.5 Å². The average Bonchev–Trinajstić information content (AvgIpc) is 2.63. The molecule has 4 rings (SSSR count). The molecule has 2 aliphatic heterocycles. The molecule has 1 aromatic rings. The van der Waals surface area contributed by atoms with E-state index in [1.54, 1.807) is 24.3 Å². The number of benzene rings is 1. The van der Waals surface area contributed by atoms with E-state index in [0.29, 0.717) is 11.8 Å². The number of piperidine rings is 2. The minimum absolute atomic E-state index is 0.0324. The Kier molecular flexibility index (Phi) is 4.99. The fourth-order valence-corrected chi connectivity index (χ4v) is 5.13. The third kappa shape index (κ3) is 3.50. The van der Waals surface area contributed by atoms with Gasteiger partial charge < -0.3 is 5.32 Å². The van der Waals surface area contributed by atoms with Crippen LogP contribution >= 0.6 is 11.6 Å². The molecule has 2 heterocycles. The van der Waals surface area contributed by atoms with Crippen LogP contribution in [0.25, 0.3) is 0 Å². The van der Waals surface area contributed by atoms with Crippen molar-refractivity contribution in [1.29, 1.82) is 0 Å². The van der Waals surface area contributed by atoms with Crippen LogP contribution in [0.2, 0.25) is 0 Å². The zero-order valence-corrected chi connectivity index (χ0v) is 15.4. The predicted octanol–water partition coefficient (Wildman–Crippen LogP) is 2.73. The van der Waals surface area contributed by atoms with Gasteiger partial charge in [-0.05, 0) is 31.2 Å². The van der Waals surface area contributed by atoms with E-state index in [-0.39, 0.29) is 33.9 Å². The zero-order chi connectivity index (χ0) is 18.3. The van der Waals surface area contributed by atoms with Gasteiger partial charge in [0.1, 0.15) is 5.78 Å². The number of carbonyl (C=O) groups is 1. The van der Waals surface area contributed by atoms with E-state index in [9.17, 15) is 14.9 Å². The summed E-state index contributed by atoms with van der Waals surface area (Å²) in [4.78, 5) is 25.7. The molecule has 1 saturated carbocycles. The Morgan fingerprint density at radius 2 is 1.88 bits per heavy atom. The molecule has 140 valence electrons. The van der Waals surface area contributed by atoms with Crippen molar-refractivity contribution >= 4 is 23.1 Å². The van der Waals surface area contributed by atoms with E-state index < -0.39 is 0 Å². The van der Waals surface area contributed by atoms with Crippen LogP contribution in [-0.4, -0.2) is 46.2 Å². The molecule has 26 heavy (non-hydrogen) atoms. The maximum Gasteiger partial charge on any atom is 0.269 e. The van der Waals surface area contributed by atoms with Crippen LogP contribution in [0.1, 0.15) is 31.2 Å². The summed E-state index contributed by atoms with van der Waals surface area (Å²) in [5.74, 6) is 0.481. The third-order valence-corrected chi connectivity index (χ3v) is 6.59. The fraction of sp³-hybridized carbons (Fsp3) is 0.632. The van der Waals surface area contributed by atoms with Crippen LogP contribution in [0, 0.1) is 22.0 Å². The third-order valence-electron chi connectivity index (χ3n) is 6.20. The molecule has 2 saturated heterocycles. The second-order valence-corrected chi connectivity index (χ2v) is 8.47. The number of halogens is 1. The van der Waals surface area contributed by atoms with E-state index >= 15 is 0 Å². The number of nitrogens with zero attached hydrogens (tertiary/aromatic N) is 2. The number of fused-ring (bicyclic) bond motifs is 2. The molecule has 0 aromatic heterocycles. The molecule has 0 bridgehead atoms. The molecule has 3 aliphatic rings. The Labute approximate surface area is 158 Å². The molecular weight excluding hydrogens is 354 g/mol. The number of hydrogen-bond donors (Lipinski definition) is 1. The number of ketones is 1. The number of alkyl halides is 1. The second-order valence-electron chi connectivity index (χ2n) is 7.85. The molecule has 3 fully saturated rings. The highest BCUT2D eigenvalue weighted by molar-refractivity contribution is 6.20. The van der Waals surface area contributed by atoms with Crippen molar-refractivity contribution in [2.24, 2.45) is 11.8 Å². The Bertz CT molecular complexity index is 696. The van der Waals surface area contributed by atoms with E-state index in [4.69, 9.17) is 11.6 Å². The average molecular weight is 378 g/mol. The quantitative estimate of drug-likeness (QED) is 0.498. The Morgan fingerprint density at radius 1 is 1.15 bits per heavy atom. The molecule has 1 N–H and O–H groups in total. The molecule has 5 atom stereocenters. The first-order valence-electron chi connectivity index (χ1n) is 9.41. The first kappa shape index (κ1) is 17.9. The molecular formula is C19H24ClN3O3. The van der Waals surface area contributed by atoms with E-state index in [2.05, 4.69) is 10.2 Å². The summed E-state index contributed by atoms with van der Waals surface area (Å²) in [6.07, 6.45) is 3.76. The molecule has 0 spiro atoms. The number of nitrogens with one attached hydrogen (secondary N) is 1. The number of Topliss-reactive ketones (excluding diaryl/α,β-unsaturated/α-hetero) is 1. The fourth-order valence-electron chi connectivity index (χ4n) is 4.82. The molecule has 5 unspecified atom stereocenters. The van der Waals surface area contributed by atoms with Crippen molar-refractivity contribution in [3.63, 3.8) is 0 Å². The number of nitro benzene ring substituents is 1. The summed E-state index contributed by atoms with van der Waals surface area (Å²) in [5, 5.41) is 14.6. The number of hydrogen-bond acceptors (Lipinski definition) is 5. The van der Waals surface area contributed by atoms with Crippen LogP contribution in [0.5, 0.6) is 0 Å². The van der Waals surface area contributed by atoms with Gasteiger partial charge in [0.15, 0.2) is 0 Å². The highest BCUT2D eigenvalue weighted by atomic mass is 35.5. The van der Waals surface area contributed by atoms with E-state index in [1.165, 1.54) is 0 Å². The smallest absolute Gasteiger partial charge is 0.269 e. The summed E-state index contributed by atoms with van der Waals surface area (Å²) in [5.41, 5.74) is 1.15. The van der Waals surface area contributed by atoms with Crippen molar-refractivity contribution in [2.75, 3.05) is 13.1 Å². The summed E-state index contributed by atoms with van der Waals surface area (Å²) in [6.45, 7) is 2.42. The van der Waals surface area contributed by atoms with Crippen molar-refractivity contribution < 1.29 is 9.72 Å². The highest BCUT2D eigenvalue weighted by Gasteiger charge is 2.47. The van der Waals surface area contributed by atoms with Crippen molar-refractivity contribution in [2.45, 2.75) is 49.7 Å². The van der Waals surface area contributed by atoms with Gasteiger partial charge in [0, 0.05) is 61.1 Å². The van der Waals surface area contributed by atoms with Gasteiger partial charge in [0.2, 0.25) is 0 Å². The Hall–Kier alpha value is -1.50. The highest BCUT2D eigenvalue weighted by Crippen LogP contribution is 2.37. The second kappa shape index (κ2) is 7.25. The molecule has 1 aromatic carbocycles. The zero-order valence-electron chi connectivity index (χ0n) is 14.6. The van der Waals surface area contributed by atoms with Crippen molar-refractivity contribution in [3.05, 3.63) is 39.9 Å². The molecule has 6 nitrogen and oxygen atoms in total. The first-order valence-corrected chi connectivity index (χ1v) is 9.84. The lowest BCUT2D eigenvalue weighted by atomic mass is 9.70. The van der Waals surface area contributed by atoms with Crippen LogP contribution in [0.4, 0.5) is 5.69 Å².